The molecule has 0 radical (unpaired) electrons. The van der Waals surface area contributed by atoms with Crippen LogP contribution in [-0.4, -0.2) is 19.0 Å². The molecule has 2 N–H and O–H groups in total. The van der Waals surface area contributed by atoms with Crippen LogP contribution in [0.5, 0.6) is 0 Å². The number of carbonyl (C=O) groups is 1. The van der Waals surface area contributed by atoms with Gasteiger partial charge in [0.15, 0.2) is 0 Å². The van der Waals surface area contributed by atoms with Crippen LogP contribution >= 0.6 is 11.6 Å². The minimum absolute atomic E-state index is 0.0561. The number of rotatable bonds is 5. The number of benzene rings is 1. The van der Waals surface area contributed by atoms with Crippen LogP contribution in [0.4, 0.5) is 0 Å². The molecule has 1 fully saturated rings. The summed E-state index contributed by atoms with van der Waals surface area (Å²) < 4.78 is 0. The number of hydrogen-bond acceptors (Lipinski definition) is 2. The third-order valence-electron chi connectivity index (χ3n) is 3.63. The van der Waals surface area contributed by atoms with E-state index in [1.165, 1.54) is 0 Å². The Morgan fingerprint density at radius 3 is 3.05 bits per heavy atom. The lowest BCUT2D eigenvalue weighted by atomic mass is 10.0. The van der Waals surface area contributed by atoms with E-state index in [4.69, 9.17) is 11.6 Å². The molecule has 1 amide bonds. The van der Waals surface area contributed by atoms with Gasteiger partial charge in [-0.2, -0.15) is 0 Å². The Balaban J connectivity index is 1.92. The zero-order valence-corrected chi connectivity index (χ0v) is 12.0. The first-order valence-electron chi connectivity index (χ1n) is 6.94. The number of amides is 1. The van der Waals surface area contributed by atoms with Gasteiger partial charge in [0, 0.05) is 11.4 Å². The van der Waals surface area contributed by atoms with Gasteiger partial charge in [-0.05, 0) is 49.5 Å². The molecule has 2 rings (SSSR count). The molecule has 0 spiro atoms. The number of hydrogen-bond donors (Lipinski definition) is 2. The first-order valence-corrected chi connectivity index (χ1v) is 7.32. The van der Waals surface area contributed by atoms with E-state index < -0.39 is 0 Å². The van der Waals surface area contributed by atoms with Gasteiger partial charge in [-0.1, -0.05) is 30.7 Å². The summed E-state index contributed by atoms with van der Waals surface area (Å²) in [7, 11) is 0. The molecule has 104 valence electrons. The van der Waals surface area contributed by atoms with Crippen molar-refractivity contribution in [3.8, 4) is 0 Å². The molecular formula is C15H21ClN2O. The molecule has 2 atom stereocenters. The minimum Gasteiger partial charge on any atom is -0.349 e. The molecule has 4 heteroatoms. The van der Waals surface area contributed by atoms with Crippen molar-refractivity contribution in [2.24, 2.45) is 5.92 Å². The quantitative estimate of drug-likeness (QED) is 0.871. The molecule has 1 saturated heterocycles. The maximum atomic E-state index is 12.1. The van der Waals surface area contributed by atoms with Crippen LogP contribution in [-0.2, 0) is 4.79 Å². The average Bonchev–Trinajstić information content (AvgIpc) is 2.88. The fourth-order valence-electron chi connectivity index (χ4n) is 2.55. The number of nitrogens with one attached hydrogen (secondary N) is 2. The highest BCUT2D eigenvalue weighted by molar-refractivity contribution is 6.30. The summed E-state index contributed by atoms with van der Waals surface area (Å²) in [6, 6.07) is 7.77. The van der Waals surface area contributed by atoms with Gasteiger partial charge in [0.25, 0.3) is 0 Å². The molecule has 0 aliphatic carbocycles. The van der Waals surface area contributed by atoms with Crippen LogP contribution < -0.4 is 10.6 Å². The summed E-state index contributed by atoms with van der Waals surface area (Å²) in [6.07, 6.45) is 2.58. The summed E-state index contributed by atoms with van der Waals surface area (Å²) in [6.45, 7) is 4.06. The predicted octanol–water partition coefficient (Wildman–Crippen LogP) is 2.91. The van der Waals surface area contributed by atoms with Crippen LogP contribution in [0.1, 0.15) is 37.8 Å². The van der Waals surface area contributed by atoms with E-state index in [0.717, 1.165) is 31.5 Å². The molecule has 3 nitrogen and oxygen atoms in total. The second-order valence-corrected chi connectivity index (χ2v) is 5.58. The third-order valence-corrected chi connectivity index (χ3v) is 3.87. The lowest BCUT2D eigenvalue weighted by molar-refractivity contribution is -0.122. The zero-order valence-electron chi connectivity index (χ0n) is 11.3. The fraction of sp³-hybridized carbons (Fsp3) is 0.533. The summed E-state index contributed by atoms with van der Waals surface area (Å²) in [4.78, 5) is 12.1. The lowest BCUT2D eigenvalue weighted by Crippen LogP contribution is -2.30. The van der Waals surface area contributed by atoms with Crippen LogP contribution in [0.25, 0.3) is 0 Å². The van der Waals surface area contributed by atoms with Crippen molar-refractivity contribution in [2.45, 2.75) is 32.2 Å². The Morgan fingerprint density at radius 2 is 2.42 bits per heavy atom. The molecule has 19 heavy (non-hydrogen) atoms. The van der Waals surface area contributed by atoms with Gasteiger partial charge in [-0.25, -0.2) is 0 Å². The van der Waals surface area contributed by atoms with Crippen molar-refractivity contribution < 1.29 is 4.79 Å². The minimum atomic E-state index is 0.0561. The Labute approximate surface area is 119 Å². The number of halogens is 1. The highest BCUT2D eigenvalue weighted by atomic mass is 35.5. The third kappa shape index (κ3) is 4.22. The Bertz CT molecular complexity index is 430. The van der Waals surface area contributed by atoms with Gasteiger partial charge >= 0.3 is 0 Å². The Kier molecular flexibility index (Phi) is 5.23. The van der Waals surface area contributed by atoms with E-state index in [0.29, 0.717) is 17.4 Å². The van der Waals surface area contributed by atoms with Crippen molar-refractivity contribution in [2.75, 3.05) is 13.1 Å². The molecule has 1 aromatic rings. The fourth-order valence-corrected chi connectivity index (χ4v) is 2.75. The molecule has 0 aromatic heterocycles. The second-order valence-electron chi connectivity index (χ2n) is 5.15. The van der Waals surface area contributed by atoms with Crippen molar-refractivity contribution in [1.82, 2.24) is 10.6 Å². The second kappa shape index (κ2) is 6.92. The van der Waals surface area contributed by atoms with Gasteiger partial charge in [0.1, 0.15) is 0 Å². The summed E-state index contributed by atoms with van der Waals surface area (Å²) in [5.41, 5.74) is 1.08. The molecule has 1 aromatic carbocycles. The predicted molar refractivity (Wildman–Crippen MR) is 78.2 cm³/mol. The molecule has 2 unspecified atom stereocenters. The van der Waals surface area contributed by atoms with Gasteiger partial charge in [0.05, 0.1) is 6.04 Å². The molecule has 0 bridgehead atoms. The van der Waals surface area contributed by atoms with E-state index in [1.807, 2.05) is 24.3 Å². The SMILES string of the molecule is CCC(NC(=O)CC1CCNC1)c1cccc(Cl)c1. The van der Waals surface area contributed by atoms with Crippen molar-refractivity contribution >= 4 is 17.5 Å². The lowest BCUT2D eigenvalue weighted by Gasteiger charge is -2.19. The first kappa shape index (κ1) is 14.4. The van der Waals surface area contributed by atoms with E-state index >= 15 is 0 Å². The van der Waals surface area contributed by atoms with Crippen molar-refractivity contribution in [1.29, 1.82) is 0 Å². The zero-order chi connectivity index (χ0) is 13.7. The molecule has 1 aliphatic rings. The first-order chi connectivity index (χ1) is 9.19. The maximum absolute atomic E-state index is 12.1. The highest BCUT2D eigenvalue weighted by Gasteiger charge is 2.20. The monoisotopic (exact) mass is 280 g/mol. The average molecular weight is 281 g/mol. The van der Waals surface area contributed by atoms with Crippen molar-refractivity contribution in [3.63, 3.8) is 0 Å². The summed E-state index contributed by atoms with van der Waals surface area (Å²) in [5.74, 6) is 0.623. The van der Waals surface area contributed by atoms with Crippen LogP contribution in [0, 0.1) is 5.92 Å². The summed E-state index contributed by atoms with van der Waals surface area (Å²) >= 11 is 6.00. The van der Waals surface area contributed by atoms with E-state index in [9.17, 15) is 4.79 Å². The largest absolute Gasteiger partial charge is 0.349 e. The molecule has 0 saturated carbocycles. The molecule has 1 heterocycles. The standard InChI is InChI=1S/C15H21ClN2O/c1-2-14(12-4-3-5-13(16)9-12)18-15(19)8-11-6-7-17-10-11/h3-5,9,11,14,17H,2,6-8,10H2,1H3,(H,18,19). The summed E-state index contributed by atoms with van der Waals surface area (Å²) in [5, 5.41) is 7.11. The molecular weight excluding hydrogens is 260 g/mol. The Hall–Kier alpha value is -1.06. The van der Waals surface area contributed by atoms with Crippen LogP contribution in [0.3, 0.4) is 0 Å². The normalized spacial score (nSPS) is 20.2. The highest BCUT2D eigenvalue weighted by Crippen LogP contribution is 2.21. The van der Waals surface area contributed by atoms with Crippen molar-refractivity contribution in [3.05, 3.63) is 34.9 Å². The van der Waals surface area contributed by atoms with Crippen LogP contribution in [0.2, 0.25) is 5.02 Å². The van der Waals surface area contributed by atoms with Gasteiger partial charge in [-0.3, -0.25) is 4.79 Å². The molecule has 1 aliphatic heterocycles. The van der Waals surface area contributed by atoms with E-state index in [1.54, 1.807) is 0 Å². The Morgan fingerprint density at radius 1 is 1.58 bits per heavy atom. The topological polar surface area (TPSA) is 41.1 Å². The smallest absolute Gasteiger partial charge is 0.220 e. The van der Waals surface area contributed by atoms with Gasteiger partial charge in [0.2, 0.25) is 5.91 Å². The van der Waals surface area contributed by atoms with E-state index in [-0.39, 0.29) is 11.9 Å². The van der Waals surface area contributed by atoms with Gasteiger partial charge < -0.3 is 10.6 Å². The maximum Gasteiger partial charge on any atom is 0.220 e. The van der Waals surface area contributed by atoms with Gasteiger partial charge in [-0.15, -0.1) is 0 Å². The van der Waals surface area contributed by atoms with E-state index in [2.05, 4.69) is 17.6 Å². The van der Waals surface area contributed by atoms with Crippen LogP contribution in [0.15, 0.2) is 24.3 Å². The number of carbonyl (C=O) groups excluding carboxylic acids is 1.